The van der Waals surface area contributed by atoms with E-state index in [9.17, 15) is 5.11 Å². The van der Waals surface area contributed by atoms with Crippen LogP contribution >= 0.6 is 0 Å². The molecule has 8 heavy (non-hydrogen) atoms. The van der Waals surface area contributed by atoms with E-state index in [1.54, 1.807) is 6.92 Å². The zero-order valence-electron chi connectivity index (χ0n) is 4.85. The van der Waals surface area contributed by atoms with Crippen molar-refractivity contribution in [3.63, 3.8) is 0 Å². The summed E-state index contributed by atoms with van der Waals surface area (Å²) in [5.41, 5.74) is 0. The Labute approximate surface area is 73.2 Å². The van der Waals surface area contributed by atoms with Crippen molar-refractivity contribution in [2.24, 2.45) is 0 Å². The van der Waals surface area contributed by atoms with E-state index in [0.717, 1.165) is 0 Å². The van der Waals surface area contributed by atoms with Gasteiger partial charge >= 0.3 is 29.6 Å². The van der Waals surface area contributed by atoms with Crippen LogP contribution in [0.15, 0.2) is 0 Å². The van der Waals surface area contributed by atoms with Crippen LogP contribution in [0.4, 0.5) is 0 Å². The molecule has 0 aliphatic rings. The molecule has 0 heterocycles. The Balaban J connectivity index is -0.000000125. The minimum Gasteiger partial charge on any atom is -0.853 e. The van der Waals surface area contributed by atoms with Gasteiger partial charge in [0, 0.05) is 6.10 Å². The minimum atomic E-state index is -0.620. The van der Waals surface area contributed by atoms with E-state index in [2.05, 4.69) is 0 Å². The Morgan fingerprint density at radius 2 is 2.00 bits per heavy atom. The molecule has 1 unspecified atom stereocenters. The van der Waals surface area contributed by atoms with Gasteiger partial charge in [0.2, 0.25) is 0 Å². The molecular formula is C5H13NaO2. The zero-order chi connectivity index (χ0) is 4.99. The SMILES string of the molecule is C.CCC(O)C[O-].[Na+]. The van der Waals surface area contributed by atoms with Crippen molar-refractivity contribution >= 4 is 0 Å². The molecule has 0 aromatic heterocycles. The molecule has 0 aliphatic carbocycles. The van der Waals surface area contributed by atoms with Gasteiger partial charge in [-0.2, -0.15) is 0 Å². The molecule has 2 nitrogen and oxygen atoms in total. The summed E-state index contributed by atoms with van der Waals surface area (Å²) in [4.78, 5) is 0. The number of aliphatic hydroxyl groups excluding tert-OH is 1. The third-order valence-corrected chi connectivity index (χ3v) is 0.664. The Hall–Kier alpha value is 0.920. The van der Waals surface area contributed by atoms with Crippen molar-refractivity contribution in [1.82, 2.24) is 0 Å². The molecular weight excluding hydrogens is 115 g/mol. The average Bonchev–Trinajstić information content (AvgIpc) is 1.65. The summed E-state index contributed by atoms with van der Waals surface area (Å²) in [6.07, 6.45) is -0.0475. The zero-order valence-corrected chi connectivity index (χ0v) is 6.85. The van der Waals surface area contributed by atoms with Gasteiger partial charge < -0.3 is 10.2 Å². The first kappa shape index (κ1) is 16.0. The number of hydrogen-bond acceptors (Lipinski definition) is 2. The van der Waals surface area contributed by atoms with E-state index in [-0.39, 0.29) is 43.6 Å². The average molecular weight is 128 g/mol. The minimum absolute atomic E-state index is 0. The van der Waals surface area contributed by atoms with Crippen LogP contribution in [0.1, 0.15) is 20.8 Å². The summed E-state index contributed by atoms with van der Waals surface area (Å²) >= 11 is 0. The maximum Gasteiger partial charge on any atom is 1.00 e. The van der Waals surface area contributed by atoms with Crippen LogP contribution in [-0.2, 0) is 0 Å². The molecule has 0 saturated carbocycles. The molecule has 1 atom stereocenters. The van der Waals surface area contributed by atoms with Crippen LogP contribution in [0.2, 0.25) is 0 Å². The molecule has 0 aromatic rings. The first-order valence-corrected chi connectivity index (χ1v) is 2.07. The Morgan fingerprint density at radius 3 is 2.00 bits per heavy atom. The number of hydrogen-bond donors (Lipinski definition) is 1. The molecule has 1 N–H and O–H groups in total. The maximum absolute atomic E-state index is 9.61. The monoisotopic (exact) mass is 128 g/mol. The van der Waals surface area contributed by atoms with Crippen molar-refractivity contribution in [2.75, 3.05) is 6.61 Å². The largest absolute Gasteiger partial charge is 1.00 e. The van der Waals surface area contributed by atoms with Crippen molar-refractivity contribution in [3.05, 3.63) is 0 Å². The van der Waals surface area contributed by atoms with Gasteiger partial charge in [0.05, 0.1) is 0 Å². The summed E-state index contributed by atoms with van der Waals surface area (Å²) < 4.78 is 0. The molecule has 0 saturated heterocycles. The quantitative estimate of drug-likeness (QED) is 0.397. The van der Waals surface area contributed by atoms with Crippen LogP contribution in [0.5, 0.6) is 0 Å². The van der Waals surface area contributed by atoms with Gasteiger partial charge in [-0.3, -0.25) is 0 Å². The summed E-state index contributed by atoms with van der Waals surface area (Å²) in [5.74, 6) is 0. The maximum atomic E-state index is 9.61. The predicted molar refractivity (Wildman–Crippen MR) is 27.9 cm³/mol. The van der Waals surface area contributed by atoms with Crippen LogP contribution in [0.3, 0.4) is 0 Å². The summed E-state index contributed by atoms with van der Waals surface area (Å²) in [6.45, 7) is 1.42. The summed E-state index contributed by atoms with van der Waals surface area (Å²) in [7, 11) is 0. The van der Waals surface area contributed by atoms with Gasteiger partial charge in [0.1, 0.15) is 0 Å². The van der Waals surface area contributed by atoms with Crippen LogP contribution in [-0.4, -0.2) is 17.8 Å². The third-order valence-electron chi connectivity index (χ3n) is 0.664. The van der Waals surface area contributed by atoms with Crippen molar-refractivity contribution < 1.29 is 39.8 Å². The van der Waals surface area contributed by atoms with Crippen molar-refractivity contribution in [1.29, 1.82) is 0 Å². The Morgan fingerprint density at radius 1 is 1.62 bits per heavy atom. The molecule has 0 radical (unpaired) electrons. The first-order valence-electron chi connectivity index (χ1n) is 2.07. The first-order chi connectivity index (χ1) is 2.81. The van der Waals surface area contributed by atoms with Gasteiger partial charge in [-0.1, -0.05) is 14.4 Å². The number of aliphatic hydroxyl groups is 1. The molecule has 0 fully saturated rings. The predicted octanol–water partition coefficient (Wildman–Crippen LogP) is -3.24. The van der Waals surface area contributed by atoms with E-state index < -0.39 is 6.10 Å². The molecule has 0 aliphatic heterocycles. The van der Waals surface area contributed by atoms with E-state index in [4.69, 9.17) is 5.11 Å². The van der Waals surface area contributed by atoms with Gasteiger partial charge in [0.15, 0.2) is 0 Å². The second-order valence-electron chi connectivity index (χ2n) is 1.23. The fraction of sp³-hybridized carbons (Fsp3) is 1.00. The third kappa shape index (κ3) is 10.0. The second kappa shape index (κ2) is 10.8. The summed E-state index contributed by atoms with van der Waals surface area (Å²) in [6, 6.07) is 0. The van der Waals surface area contributed by atoms with Gasteiger partial charge in [-0.25, -0.2) is 0 Å². The molecule has 46 valence electrons. The molecule has 0 aromatic carbocycles. The Kier molecular flexibility index (Phi) is 21.6. The van der Waals surface area contributed by atoms with Gasteiger partial charge in [0.25, 0.3) is 0 Å². The van der Waals surface area contributed by atoms with Crippen LogP contribution in [0, 0.1) is 0 Å². The van der Waals surface area contributed by atoms with E-state index in [1.165, 1.54) is 0 Å². The standard InChI is InChI=1S/C4H9O2.CH4.Na/c1-2-4(6)3-5;;/h4,6H,2-3H2,1H3;1H4;/q-1;;+1. The van der Waals surface area contributed by atoms with E-state index in [1.807, 2.05) is 0 Å². The Bertz CT molecular complexity index is 29.6. The normalized spacial score (nSPS) is 10.9. The molecule has 0 amide bonds. The molecule has 0 spiro atoms. The van der Waals surface area contributed by atoms with Crippen molar-refractivity contribution in [3.8, 4) is 0 Å². The van der Waals surface area contributed by atoms with Gasteiger partial charge in [-0.15, -0.1) is 6.61 Å². The molecule has 0 rings (SSSR count). The number of rotatable bonds is 2. The van der Waals surface area contributed by atoms with E-state index in [0.29, 0.717) is 6.42 Å². The van der Waals surface area contributed by atoms with E-state index >= 15 is 0 Å². The topological polar surface area (TPSA) is 43.3 Å². The molecule has 0 bridgehead atoms. The second-order valence-corrected chi connectivity index (χ2v) is 1.23. The van der Waals surface area contributed by atoms with Crippen molar-refractivity contribution in [2.45, 2.75) is 26.9 Å². The van der Waals surface area contributed by atoms with Gasteiger partial charge in [-0.05, 0) is 6.42 Å². The van der Waals surface area contributed by atoms with Crippen LogP contribution in [0.25, 0.3) is 0 Å². The molecule has 3 heteroatoms. The fourth-order valence-corrected chi connectivity index (χ4v) is 0.118. The fourth-order valence-electron chi connectivity index (χ4n) is 0.118. The van der Waals surface area contributed by atoms with Crippen LogP contribution < -0.4 is 34.7 Å². The summed E-state index contributed by atoms with van der Waals surface area (Å²) in [5, 5.41) is 18.0. The smallest absolute Gasteiger partial charge is 0.853 e.